The second-order valence-corrected chi connectivity index (χ2v) is 4.77. The van der Waals surface area contributed by atoms with E-state index in [1.54, 1.807) is 6.92 Å². The quantitative estimate of drug-likeness (QED) is 0.908. The van der Waals surface area contributed by atoms with E-state index < -0.39 is 5.97 Å². The van der Waals surface area contributed by atoms with Gasteiger partial charge in [0.25, 0.3) is 0 Å². The first-order valence-electron chi connectivity index (χ1n) is 5.07. The van der Waals surface area contributed by atoms with Gasteiger partial charge in [-0.15, -0.1) is 0 Å². The van der Waals surface area contributed by atoms with Crippen molar-refractivity contribution in [1.82, 2.24) is 4.98 Å². The van der Waals surface area contributed by atoms with E-state index in [1.807, 2.05) is 24.4 Å². The molecule has 0 saturated heterocycles. The van der Waals surface area contributed by atoms with Crippen molar-refractivity contribution in [3.63, 3.8) is 0 Å². The largest absolute Gasteiger partial charge is 0.481 e. The van der Waals surface area contributed by atoms with Gasteiger partial charge in [0.2, 0.25) is 0 Å². The van der Waals surface area contributed by atoms with Crippen LogP contribution in [0.5, 0.6) is 0 Å². The summed E-state index contributed by atoms with van der Waals surface area (Å²) in [5.41, 5.74) is 2.06. The van der Waals surface area contributed by atoms with Crippen molar-refractivity contribution < 1.29 is 9.90 Å². The number of carboxylic acid groups (broad SMARTS) is 1. The number of hydrogen-bond acceptors (Lipinski definition) is 1. The van der Waals surface area contributed by atoms with Gasteiger partial charge in [0, 0.05) is 21.6 Å². The Labute approximate surface area is 102 Å². The van der Waals surface area contributed by atoms with Gasteiger partial charge in [-0.05, 0) is 27.9 Å². The summed E-state index contributed by atoms with van der Waals surface area (Å²) >= 11 is 3.45. The third-order valence-electron chi connectivity index (χ3n) is 2.70. The topological polar surface area (TPSA) is 53.1 Å². The van der Waals surface area contributed by atoms with Gasteiger partial charge >= 0.3 is 5.97 Å². The van der Waals surface area contributed by atoms with Crippen LogP contribution in [0.4, 0.5) is 0 Å². The molecular formula is C12H12BrNO2. The minimum absolute atomic E-state index is 0.368. The number of benzene rings is 1. The fraction of sp³-hybridized carbons (Fsp3) is 0.250. The molecule has 4 heteroatoms. The number of H-pyrrole nitrogens is 1. The molecule has 0 radical (unpaired) electrons. The van der Waals surface area contributed by atoms with Gasteiger partial charge in [0.15, 0.2) is 0 Å². The lowest BCUT2D eigenvalue weighted by molar-refractivity contribution is -0.141. The van der Waals surface area contributed by atoms with E-state index in [1.165, 1.54) is 0 Å². The maximum Gasteiger partial charge on any atom is 0.306 e. The first-order chi connectivity index (χ1) is 7.59. The molecule has 16 heavy (non-hydrogen) atoms. The van der Waals surface area contributed by atoms with Crippen molar-refractivity contribution in [3.05, 3.63) is 34.4 Å². The van der Waals surface area contributed by atoms with E-state index in [0.717, 1.165) is 20.9 Å². The highest BCUT2D eigenvalue weighted by atomic mass is 79.9. The molecule has 1 unspecified atom stereocenters. The van der Waals surface area contributed by atoms with Crippen molar-refractivity contribution in [2.45, 2.75) is 13.3 Å². The van der Waals surface area contributed by atoms with Crippen LogP contribution in [0, 0.1) is 5.92 Å². The lowest BCUT2D eigenvalue weighted by Crippen LogP contribution is -2.12. The Morgan fingerprint density at radius 2 is 2.31 bits per heavy atom. The predicted molar refractivity (Wildman–Crippen MR) is 66.5 cm³/mol. The Hall–Kier alpha value is -1.29. The molecule has 1 aromatic carbocycles. The zero-order chi connectivity index (χ0) is 11.7. The van der Waals surface area contributed by atoms with Crippen molar-refractivity contribution in [1.29, 1.82) is 0 Å². The molecule has 1 aromatic heterocycles. The van der Waals surface area contributed by atoms with E-state index in [2.05, 4.69) is 20.9 Å². The molecule has 2 aromatic rings. The molecule has 3 nitrogen and oxygen atoms in total. The number of halogens is 1. The molecule has 0 fully saturated rings. The predicted octanol–water partition coefficient (Wildman–Crippen LogP) is 3.19. The molecule has 2 N–H and O–H groups in total. The normalized spacial score (nSPS) is 12.9. The second-order valence-electron chi connectivity index (χ2n) is 3.92. The first kappa shape index (κ1) is 11.2. The van der Waals surface area contributed by atoms with Crippen LogP contribution in [-0.4, -0.2) is 16.1 Å². The van der Waals surface area contributed by atoms with Crippen molar-refractivity contribution >= 4 is 32.8 Å². The molecular weight excluding hydrogens is 270 g/mol. The van der Waals surface area contributed by atoms with E-state index >= 15 is 0 Å². The Kier molecular flexibility index (Phi) is 3.01. The fourth-order valence-electron chi connectivity index (χ4n) is 1.77. The maximum atomic E-state index is 10.8. The number of aromatic nitrogens is 1. The number of aromatic amines is 1. The first-order valence-corrected chi connectivity index (χ1v) is 5.86. The summed E-state index contributed by atoms with van der Waals surface area (Å²) in [6.45, 7) is 1.72. The average molecular weight is 282 g/mol. The van der Waals surface area contributed by atoms with Crippen LogP contribution < -0.4 is 0 Å². The average Bonchev–Trinajstić information content (AvgIpc) is 2.62. The number of hydrogen-bond donors (Lipinski definition) is 2. The van der Waals surface area contributed by atoms with E-state index in [-0.39, 0.29) is 5.92 Å². The summed E-state index contributed by atoms with van der Waals surface area (Å²) in [4.78, 5) is 14.0. The fourth-order valence-corrected chi connectivity index (χ4v) is 2.22. The van der Waals surface area contributed by atoms with Crippen LogP contribution in [0.25, 0.3) is 10.9 Å². The molecule has 0 spiro atoms. The van der Waals surface area contributed by atoms with Gasteiger partial charge in [0.1, 0.15) is 0 Å². The minimum Gasteiger partial charge on any atom is -0.481 e. The lowest BCUT2D eigenvalue weighted by atomic mass is 10.00. The van der Waals surface area contributed by atoms with Crippen LogP contribution in [0.2, 0.25) is 0 Å². The van der Waals surface area contributed by atoms with Gasteiger partial charge < -0.3 is 10.1 Å². The molecule has 0 aliphatic heterocycles. The van der Waals surface area contributed by atoms with Crippen LogP contribution in [0.15, 0.2) is 28.9 Å². The summed E-state index contributed by atoms with van der Waals surface area (Å²) in [5, 5.41) is 9.99. The molecule has 0 saturated carbocycles. The highest BCUT2D eigenvalue weighted by molar-refractivity contribution is 9.10. The molecule has 0 amide bonds. The minimum atomic E-state index is -0.761. The Morgan fingerprint density at radius 1 is 1.56 bits per heavy atom. The summed E-state index contributed by atoms with van der Waals surface area (Å²) in [7, 11) is 0. The Balaban J connectivity index is 2.41. The summed E-state index contributed by atoms with van der Waals surface area (Å²) in [6, 6.07) is 5.92. The van der Waals surface area contributed by atoms with Crippen molar-refractivity contribution in [3.8, 4) is 0 Å². The standard InChI is InChI=1S/C12H12BrNO2/c1-7(12(15)16)5-8-3-2-4-9-10(13)6-14-11(8)9/h2-4,6-7,14H,5H2,1H3,(H,15,16). The number of nitrogens with one attached hydrogen (secondary N) is 1. The second kappa shape index (κ2) is 4.29. The van der Waals surface area contributed by atoms with Crippen molar-refractivity contribution in [2.24, 2.45) is 5.92 Å². The van der Waals surface area contributed by atoms with Crippen molar-refractivity contribution in [2.75, 3.05) is 0 Å². The van der Waals surface area contributed by atoms with Gasteiger partial charge in [-0.2, -0.15) is 0 Å². The maximum absolute atomic E-state index is 10.8. The zero-order valence-electron chi connectivity index (χ0n) is 8.83. The number of aliphatic carboxylic acids is 1. The highest BCUT2D eigenvalue weighted by Crippen LogP contribution is 2.27. The number of carbonyl (C=O) groups is 1. The molecule has 2 rings (SSSR count). The van der Waals surface area contributed by atoms with E-state index in [0.29, 0.717) is 6.42 Å². The highest BCUT2D eigenvalue weighted by Gasteiger charge is 2.14. The van der Waals surface area contributed by atoms with Gasteiger partial charge in [-0.25, -0.2) is 0 Å². The van der Waals surface area contributed by atoms with Gasteiger partial charge in [0.05, 0.1) is 5.92 Å². The molecule has 1 heterocycles. The van der Waals surface area contributed by atoms with Crippen LogP contribution >= 0.6 is 15.9 Å². The van der Waals surface area contributed by atoms with Crippen LogP contribution in [0.1, 0.15) is 12.5 Å². The smallest absolute Gasteiger partial charge is 0.306 e. The number of para-hydroxylation sites is 1. The number of rotatable bonds is 3. The SMILES string of the molecule is CC(Cc1cccc2c(Br)c[nH]c12)C(=O)O. The molecule has 0 aliphatic rings. The monoisotopic (exact) mass is 281 g/mol. The Bertz CT molecular complexity index is 533. The number of carboxylic acids is 1. The third-order valence-corrected chi connectivity index (χ3v) is 3.36. The van der Waals surface area contributed by atoms with Crippen LogP contribution in [0.3, 0.4) is 0 Å². The van der Waals surface area contributed by atoms with Gasteiger partial charge in [-0.1, -0.05) is 25.1 Å². The third kappa shape index (κ3) is 1.97. The summed E-state index contributed by atoms with van der Waals surface area (Å²) < 4.78 is 1.01. The zero-order valence-corrected chi connectivity index (χ0v) is 10.4. The molecule has 84 valence electrons. The summed E-state index contributed by atoms with van der Waals surface area (Å²) in [6.07, 6.45) is 2.42. The molecule has 1 atom stereocenters. The Morgan fingerprint density at radius 3 is 3.00 bits per heavy atom. The van der Waals surface area contributed by atoms with Crippen LogP contribution in [-0.2, 0) is 11.2 Å². The van der Waals surface area contributed by atoms with Gasteiger partial charge in [-0.3, -0.25) is 4.79 Å². The van der Waals surface area contributed by atoms with E-state index in [9.17, 15) is 4.79 Å². The molecule has 0 bridgehead atoms. The number of fused-ring (bicyclic) bond motifs is 1. The molecule has 0 aliphatic carbocycles. The van der Waals surface area contributed by atoms with E-state index in [4.69, 9.17) is 5.11 Å². The lowest BCUT2D eigenvalue weighted by Gasteiger charge is -2.07. The summed E-state index contributed by atoms with van der Waals surface area (Å²) in [5.74, 6) is -1.13.